The summed E-state index contributed by atoms with van der Waals surface area (Å²) >= 11 is 0. The summed E-state index contributed by atoms with van der Waals surface area (Å²) in [5, 5.41) is 0. The van der Waals surface area contributed by atoms with E-state index in [1.54, 1.807) is 0 Å². The Labute approximate surface area is 330 Å². The van der Waals surface area contributed by atoms with Gasteiger partial charge in [-0.3, -0.25) is 18.7 Å². The molecule has 6 unspecified atom stereocenters. The molecule has 8 nitrogen and oxygen atoms in total. The first-order valence-corrected chi connectivity index (χ1v) is 22.7. The van der Waals surface area contributed by atoms with Crippen LogP contribution in [0.5, 0.6) is 0 Å². The van der Waals surface area contributed by atoms with E-state index in [0.717, 1.165) is 16.7 Å². The standard InChI is InChI=1S/C46H50O8S2/c1-40(2)37-26-27-42(40,30-55(49,50)51)38(47)36(37)25-28-44(32-17-9-5-10-18-32)39(48)43(31-56(52,53)54)29-45(33-19-11-6-12-20-33,34-21-13-7-14-22-34)46(44,41(43,3)4)35-23-15-8-16-24-35/h5-24,36-37H,25-31H2,1-4H3,(H,49,50,51)(H,52,53,54). The Morgan fingerprint density at radius 3 is 1.50 bits per heavy atom. The van der Waals surface area contributed by atoms with Gasteiger partial charge >= 0.3 is 0 Å². The molecule has 4 aromatic rings. The Bertz CT molecular complexity index is 2380. The topological polar surface area (TPSA) is 143 Å². The number of ketones is 2. The maximum atomic E-state index is 16.5. The summed E-state index contributed by atoms with van der Waals surface area (Å²) in [6, 6.07) is 39.3. The van der Waals surface area contributed by atoms with Gasteiger partial charge in [0, 0.05) is 16.7 Å². The quantitative estimate of drug-likeness (QED) is 0.145. The third kappa shape index (κ3) is 4.76. The van der Waals surface area contributed by atoms with E-state index in [9.17, 15) is 30.7 Å². The molecule has 2 N–H and O–H groups in total. The van der Waals surface area contributed by atoms with E-state index in [2.05, 4.69) is 24.3 Å². The number of benzene rings is 4. The first-order chi connectivity index (χ1) is 26.3. The Morgan fingerprint density at radius 2 is 1.04 bits per heavy atom. The SMILES string of the molecule is CC1(C)C2CCC1(CS(=O)(=O)O)C(=O)C2CCC1(c2ccccc2)C(=O)C2(CS(=O)(=O)O)CC(c3ccccc3)(c3ccccc3)C1(c1ccccc1)C2(C)C. The lowest BCUT2D eigenvalue weighted by molar-refractivity contribution is -0.137. The van der Waals surface area contributed by atoms with Gasteiger partial charge in [-0.25, -0.2) is 0 Å². The Kier molecular flexibility index (Phi) is 8.69. The fraction of sp³-hybridized carbons (Fsp3) is 0.435. The second kappa shape index (κ2) is 12.5. The maximum absolute atomic E-state index is 16.5. The van der Waals surface area contributed by atoms with Gasteiger partial charge in [0.25, 0.3) is 20.2 Å². The average molecular weight is 795 g/mol. The van der Waals surface area contributed by atoms with Gasteiger partial charge in [0.2, 0.25) is 0 Å². The Hall–Kier alpha value is -3.96. The number of hydrogen-bond donors (Lipinski definition) is 2. The molecule has 0 aromatic heterocycles. The van der Waals surface area contributed by atoms with Crippen LogP contribution in [-0.4, -0.2) is 49.0 Å². The molecule has 4 fully saturated rings. The predicted octanol–water partition coefficient (Wildman–Crippen LogP) is 8.03. The lowest BCUT2D eigenvalue weighted by Gasteiger charge is -2.61. The van der Waals surface area contributed by atoms with Crippen LogP contribution in [0.15, 0.2) is 121 Å². The van der Waals surface area contributed by atoms with Gasteiger partial charge in [0.1, 0.15) is 5.78 Å². The molecule has 4 bridgehead atoms. The molecular weight excluding hydrogens is 745 g/mol. The minimum atomic E-state index is -4.75. The average Bonchev–Trinajstić information content (AvgIpc) is 3.62. The van der Waals surface area contributed by atoms with Crippen molar-refractivity contribution in [1.82, 2.24) is 0 Å². The van der Waals surface area contributed by atoms with Gasteiger partial charge in [0.05, 0.1) is 27.8 Å². The normalized spacial score (nSPS) is 32.5. The first kappa shape index (κ1) is 38.9. The highest BCUT2D eigenvalue weighted by Crippen LogP contribution is 2.85. The van der Waals surface area contributed by atoms with Crippen LogP contribution in [-0.2, 0) is 46.1 Å². The van der Waals surface area contributed by atoms with Gasteiger partial charge in [0.15, 0.2) is 5.78 Å². The molecule has 8 rings (SSSR count). The molecule has 0 amide bonds. The van der Waals surface area contributed by atoms with Crippen LogP contribution in [0.25, 0.3) is 0 Å². The summed E-state index contributed by atoms with van der Waals surface area (Å²) < 4.78 is 73.0. The minimum absolute atomic E-state index is 0.0958. The highest BCUT2D eigenvalue weighted by Gasteiger charge is 2.90. The third-order valence-corrected chi connectivity index (χ3v) is 17.5. The number of rotatable bonds is 11. The second-order valence-electron chi connectivity index (χ2n) is 18.1. The molecule has 0 heterocycles. The molecular formula is C46H50O8S2. The highest BCUT2D eigenvalue weighted by atomic mass is 32.2. The van der Waals surface area contributed by atoms with Crippen LogP contribution in [0.2, 0.25) is 0 Å². The predicted molar refractivity (Wildman–Crippen MR) is 215 cm³/mol. The molecule has 294 valence electrons. The third-order valence-electron chi connectivity index (χ3n) is 15.8. The summed E-state index contributed by atoms with van der Waals surface area (Å²) in [5.74, 6) is -2.72. The summed E-state index contributed by atoms with van der Waals surface area (Å²) in [7, 11) is -9.25. The van der Waals surface area contributed by atoms with Crippen molar-refractivity contribution in [3.05, 3.63) is 144 Å². The van der Waals surface area contributed by atoms with Crippen molar-refractivity contribution in [1.29, 1.82) is 0 Å². The molecule has 56 heavy (non-hydrogen) atoms. The molecule has 4 aliphatic rings. The zero-order valence-corrected chi connectivity index (χ0v) is 33.9. The van der Waals surface area contributed by atoms with Gasteiger partial charge < -0.3 is 0 Å². The molecule has 0 saturated heterocycles. The minimum Gasteiger partial charge on any atom is -0.299 e. The van der Waals surface area contributed by atoms with Crippen molar-refractivity contribution in [2.24, 2.45) is 33.5 Å². The lowest BCUT2D eigenvalue weighted by Crippen LogP contribution is -2.65. The number of Topliss-reactive ketones (excluding diaryl/α,β-unsaturated/α-hetero) is 2. The molecule has 0 radical (unpaired) electrons. The number of hydrogen-bond acceptors (Lipinski definition) is 6. The van der Waals surface area contributed by atoms with Crippen LogP contribution in [0.4, 0.5) is 0 Å². The van der Waals surface area contributed by atoms with E-state index in [0.29, 0.717) is 18.4 Å². The van der Waals surface area contributed by atoms with Crippen molar-refractivity contribution in [3.63, 3.8) is 0 Å². The molecule has 4 aliphatic carbocycles. The zero-order chi connectivity index (χ0) is 40.2. The van der Waals surface area contributed by atoms with E-state index in [-0.39, 0.29) is 36.7 Å². The first-order valence-electron chi connectivity index (χ1n) is 19.5. The Morgan fingerprint density at radius 1 is 0.607 bits per heavy atom. The largest absolute Gasteiger partial charge is 0.299 e. The molecule has 0 aliphatic heterocycles. The summed E-state index contributed by atoms with van der Waals surface area (Å²) in [4.78, 5) is 31.3. The van der Waals surface area contributed by atoms with Crippen LogP contribution in [0.3, 0.4) is 0 Å². The molecule has 6 atom stereocenters. The smallest absolute Gasteiger partial charge is 0.265 e. The zero-order valence-electron chi connectivity index (χ0n) is 32.3. The number of carbonyl (C=O) groups is 2. The lowest BCUT2D eigenvalue weighted by atomic mass is 9.39. The van der Waals surface area contributed by atoms with Crippen molar-refractivity contribution in [2.45, 2.75) is 76.0 Å². The second-order valence-corrected chi connectivity index (χ2v) is 21.1. The summed E-state index contributed by atoms with van der Waals surface area (Å²) in [5.41, 5.74) is -5.21. The van der Waals surface area contributed by atoms with Gasteiger partial charge in [-0.15, -0.1) is 0 Å². The van der Waals surface area contributed by atoms with Gasteiger partial charge in [-0.05, 0) is 71.1 Å². The van der Waals surface area contributed by atoms with Crippen LogP contribution >= 0.6 is 0 Å². The van der Waals surface area contributed by atoms with Crippen LogP contribution < -0.4 is 0 Å². The maximum Gasteiger partial charge on any atom is 0.265 e. The van der Waals surface area contributed by atoms with Crippen molar-refractivity contribution in [2.75, 3.05) is 11.5 Å². The Balaban J connectivity index is 1.49. The number of carbonyl (C=O) groups excluding carboxylic acids is 2. The van der Waals surface area contributed by atoms with E-state index in [1.165, 1.54) is 0 Å². The summed E-state index contributed by atoms with van der Waals surface area (Å²) in [6.07, 6.45) is 1.43. The van der Waals surface area contributed by atoms with E-state index < -0.39 is 75.6 Å². The van der Waals surface area contributed by atoms with Crippen LogP contribution in [0, 0.1) is 33.5 Å². The van der Waals surface area contributed by atoms with Crippen molar-refractivity contribution < 1.29 is 35.5 Å². The molecule has 4 saturated carbocycles. The fourth-order valence-electron chi connectivity index (χ4n) is 13.9. The van der Waals surface area contributed by atoms with E-state index >= 15 is 4.79 Å². The number of fused-ring (bicyclic) bond motifs is 4. The molecule has 4 aromatic carbocycles. The summed E-state index contributed by atoms with van der Waals surface area (Å²) in [6.45, 7) is 7.84. The van der Waals surface area contributed by atoms with Crippen molar-refractivity contribution in [3.8, 4) is 0 Å². The van der Waals surface area contributed by atoms with Gasteiger partial charge in [-0.1, -0.05) is 149 Å². The fourth-order valence-corrected chi connectivity index (χ4v) is 16.4. The van der Waals surface area contributed by atoms with E-state index in [1.807, 2.05) is 125 Å². The molecule has 0 spiro atoms. The van der Waals surface area contributed by atoms with Gasteiger partial charge in [-0.2, -0.15) is 16.8 Å². The highest BCUT2D eigenvalue weighted by molar-refractivity contribution is 7.86. The molecule has 10 heteroatoms. The van der Waals surface area contributed by atoms with E-state index in [4.69, 9.17) is 0 Å². The van der Waals surface area contributed by atoms with Crippen molar-refractivity contribution >= 4 is 31.8 Å². The van der Waals surface area contributed by atoms with Crippen LogP contribution in [0.1, 0.15) is 82.1 Å². The monoisotopic (exact) mass is 794 g/mol.